The molecule has 2 N–H and O–H groups in total. The van der Waals surface area contributed by atoms with E-state index < -0.39 is 4.92 Å². The van der Waals surface area contributed by atoms with Crippen LogP contribution in [0.3, 0.4) is 0 Å². The molecule has 0 aliphatic carbocycles. The van der Waals surface area contributed by atoms with Gasteiger partial charge in [-0.15, -0.1) is 0 Å². The van der Waals surface area contributed by atoms with Crippen molar-refractivity contribution in [2.24, 2.45) is 0 Å². The van der Waals surface area contributed by atoms with Crippen LogP contribution in [0.25, 0.3) is 0 Å². The molecule has 1 rings (SSSR count). The monoisotopic (exact) mass is 282 g/mol. The number of hydrogen-bond acceptors (Lipinski definition) is 6. The summed E-state index contributed by atoms with van der Waals surface area (Å²) in [6, 6.07) is 3.06. The number of nitrogen functional groups attached to an aromatic ring is 1. The number of benzene rings is 1. The number of hydrogen-bond donors (Lipinski definition) is 1. The van der Waals surface area contributed by atoms with E-state index in [-0.39, 0.29) is 17.4 Å². The SMILES string of the molecule is COc1cc(N(C)C(C)CN(C)C)c([N+](=O)[O-])cc1N. The average Bonchev–Trinajstić information content (AvgIpc) is 2.36. The molecule has 0 radical (unpaired) electrons. The van der Waals surface area contributed by atoms with Crippen molar-refractivity contribution in [1.29, 1.82) is 0 Å². The van der Waals surface area contributed by atoms with Crippen LogP contribution in [0, 0.1) is 10.1 Å². The highest BCUT2D eigenvalue weighted by Gasteiger charge is 2.23. The third-order valence-corrected chi connectivity index (χ3v) is 3.19. The Kier molecular flexibility index (Phi) is 5.15. The highest BCUT2D eigenvalue weighted by molar-refractivity contribution is 5.73. The van der Waals surface area contributed by atoms with Gasteiger partial charge in [-0.25, -0.2) is 0 Å². The number of anilines is 2. The summed E-state index contributed by atoms with van der Waals surface area (Å²) in [6.45, 7) is 2.78. The predicted octanol–water partition coefficient (Wildman–Crippen LogP) is 1.57. The molecule has 1 aromatic rings. The highest BCUT2D eigenvalue weighted by atomic mass is 16.6. The normalized spacial score (nSPS) is 12.3. The van der Waals surface area contributed by atoms with Gasteiger partial charge in [-0.1, -0.05) is 0 Å². The molecular formula is C13H22N4O3. The van der Waals surface area contributed by atoms with Crippen molar-refractivity contribution in [2.45, 2.75) is 13.0 Å². The van der Waals surface area contributed by atoms with Crippen LogP contribution >= 0.6 is 0 Å². The Morgan fingerprint density at radius 3 is 2.45 bits per heavy atom. The van der Waals surface area contributed by atoms with E-state index in [1.54, 1.807) is 6.07 Å². The number of nitro benzene ring substituents is 1. The first-order chi connectivity index (χ1) is 9.27. The van der Waals surface area contributed by atoms with E-state index in [0.717, 1.165) is 6.54 Å². The average molecular weight is 282 g/mol. The van der Waals surface area contributed by atoms with Gasteiger partial charge < -0.3 is 20.3 Å². The van der Waals surface area contributed by atoms with Crippen molar-refractivity contribution in [1.82, 2.24) is 4.90 Å². The minimum absolute atomic E-state index is 0.0172. The molecule has 0 fully saturated rings. The van der Waals surface area contributed by atoms with Gasteiger partial charge in [0.15, 0.2) is 0 Å². The quantitative estimate of drug-likeness (QED) is 0.484. The van der Waals surface area contributed by atoms with Crippen LogP contribution in [0.5, 0.6) is 5.75 Å². The summed E-state index contributed by atoms with van der Waals surface area (Å²) in [5, 5.41) is 11.2. The highest BCUT2D eigenvalue weighted by Crippen LogP contribution is 2.36. The predicted molar refractivity (Wildman–Crippen MR) is 80.5 cm³/mol. The Labute approximate surface area is 119 Å². The smallest absolute Gasteiger partial charge is 0.294 e. The first-order valence-electron chi connectivity index (χ1n) is 6.27. The molecule has 7 heteroatoms. The summed E-state index contributed by atoms with van der Waals surface area (Å²) in [6.07, 6.45) is 0. The van der Waals surface area contributed by atoms with Crippen molar-refractivity contribution in [3.05, 3.63) is 22.2 Å². The van der Waals surface area contributed by atoms with Crippen LogP contribution in [-0.2, 0) is 0 Å². The lowest BCUT2D eigenvalue weighted by Crippen LogP contribution is -2.37. The van der Waals surface area contributed by atoms with Gasteiger partial charge in [-0.05, 0) is 21.0 Å². The largest absolute Gasteiger partial charge is 0.495 e. The Morgan fingerprint density at radius 1 is 1.40 bits per heavy atom. The van der Waals surface area contributed by atoms with Gasteiger partial charge >= 0.3 is 0 Å². The number of methoxy groups -OCH3 is 1. The van der Waals surface area contributed by atoms with Gasteiger partial charge in [0.2, 0.25) is 0 Å². The zero-order valence-corrected chi connectivity index (χ0v) is 12.6. The number of nitrogens with zero attached hydrogens (tertiary/aromatic N) is 3. The van der Waals surface area contributed by atoms with Gasteiger partial charge in [0.05, 0.1) is 17.7 Å². The van der Waals surface area contributed by atoms with Crippen molar-refractivity contribution in [3.63, 3.8) is 0 Å². The minimum atomic E-state index is -0.427. The minimum Gasteiger partial charge on any atom is -0.495 e. The third kappa shape index (κ3) is 3.51. The van der Waals surface area contributed by atoms with Crippen LogP contribution in [0.4, 0.5) is 17.1 Å². The molecule has 0 aliphatic rings. The summed E-state index contributed by atoms with van der Waals surface area (Å²) in [5.41, 5.74) is 6.48. The van der Waals surface area contributed by atoms with Gasteiger partial charge in [0.1, 0.15) is 11.4 Å². The number of nitrogens with two attached hydrogens (primary N) is 1. The van der Waals surface area contributed by atoms with Gasteiger partial charge in [0, 0.05) is 31.8 Å². The molecule has 1 atom stereocenters. The van der Waals surface area contributed by atoms with Crippen LogP contribution < -0.4 is 15.4 Å². The maximum Gasteiger partial charge on any atom is 0.294 e. The van der Waals surface area contributed by atoms with Crippen LogP contribution in [0.2, 0.25) is 0 Å². The molecule has 7 nitrogen and oxygen atoms in total. The van der Waals surface area contributed by atoms with Gasteiger partial charge in [-0.2, -0.15) is 0 Å². The maximum atomic E-state index is 11.2. The van der Waals surface area contributed by atoms with Crippen molar-refractivity contribution in [2.75, 3.05) is 45.4 Å². The summed E-state index contributed by atoms with van der Waals surface area (Å²) < 4.78 is 5.15. The zero-order chi connectivity index (χ0) is 15.4. The van der Waals surface area contributed by atoms with E-state index in [4.69, 9.17) is 10.5 Å². The van der Waals surface area contributed by atoms with E-state index in [1.165, 1.54) is 13.2 Å². The standard InChI is InChI=1S/C13H22N4O3/c1-9(8-15(2)3)16(4)11-7-13(20-5)10(14)6-12(11)17(18)19/h6-7,9H,8,14H2,1-5H3. The van der Waals surface area contributed by atoms with E-state index in [9.17, 15) is 10.1 Å². The Balaban J connectivity index is 3.23. The first-order valence-corrected chi connectivity index (χ1v) is 6.27. The molecule has 1 unspecified atom stereocenters. The lowest BCUT2D eigenvalue weighted by atomic mass is 10.1. The van der Waals surface area contributed by atoms with E-state index in [2.05, 4.69) is 0 Å². The third-order valence-electron chi connectivity index (χ3n) is 3.19. The molecule has 0 aromatic heterocycles. The molecular weight excluding hydrogens is 260 g/mol. The molecule has 112 valence electrons. The van der Waals surface area contributed by atoms with Crippen LogP contribution in [-0.4, -0.2) is 50.7 Å². The second kappa shape index (κ2) is 6.42. The van der Waals surface area contributed by atoms with E-state index in [1.807, 2.05) is 37.9 Å². The molecule has 20 heavy (non-hydrogen) atoms. The van der Waals surface area contributed by atoms with Crippen molar-refractivity contribution < 1.29 is 9.66 Å². The van der Waals surface area contributed by atoms with Crippen molar-refractivity contribution in [3.8, 4) is 5.75 Å². The summed E-state index contributed by atoms with van der Waals surface area (Å²) in [7, 11) is 7.24. The molecule has 1 aromatic carbocycles. The van der Waals surface area contributed by atoms with Gasteiger partial charge in [0.25, 0.3) is 5.69 Å². The summed E-state index contributed by atoms with van der Waals surface area (Å²) >= 11 is 0. The fraction of sp³-hybridized carbons (Fsp3) is 0.538. The topological polar surface area (TPSA) is 84.9 Å². The van der Waals surface area contributed by atoms with E-state index >= 15 is 0 Å². The zero-order valence-electron chi connectivity index (χ0n) is 12.6. The molecule has 0 amide bonds. The van der Waals surface area contributed by atoms with Crippen molar-refractivity contribution >= 4 is 17.1 Å². The lowest BCUT2D eigenvalue weighted by molar-refractivity contribution is -0.384. The maximum absolute atomic E-state index is 11.2. The Bertz CT molecular complexity index is 491. The number of nitro groups is 1. The second-order valence-electron chi connectivity index (χ2n) is 5.06. The lowest BCUT2D eigenvalue weighted by Gasteiger charge is -2.29. The Morgan fingerprint density at radius 2 is 2.00 bits per heavy atom. The Hall–Kier alpha value is -2.02. The van der Waals surface area contributed by atoms with Gasteiger partial charge in [-0.3, -0.25) is 10.1 Å². The molecule has 0 bridgehead atoms. The molecule has 0 aliphatic heterocycles. The number of rotatable bonds is 6. The first kappa shape index (κ1) is 16.0. The molecule has 0 spiro atoms. The number of likely N-dealkylation sites (N-methyl/N-ethyl adjacent to an activating group) is 2. The molecule has 0 saturated carbocycles. The molecule has 0 heterocycles. The summed E-state index contributed by atoms with van der Waals surface area (Å²) in [4.78, 5) is 14.7. The fourth-order valence-electron chi connectivity index (χ4n) is 2.07. The molecule has 0 saturated heterocycles. The number of ether oxygens (including phenoxy) is 1. The van der Waals surface area contributed by atoms with Crippen LogP contribution in [0.15, 0.2) is 12.1 Å². The second-order valence-corrected chi connectivity index (χ2v) is 5.06. The summed E-state index contributed by atoms with van der Waals surface area (Å²) in [5.74, 6) is 0.439. The fourth-order valence-corrected chi connectivity index (χ4v) is 2.07. The van der Waals surface area contributed by atoms with Crippen LogP contribution in [0.1, 0.15) is 6.92 Å². The van der Waals surface area contributed by atoms with E-state index in [0.29, 0.717) is 11.4 Å².